The van der Waals surface area contributed by atoms with Gasteiger partial charge in [0, 0.05) is 50.3 Å². The van der Waals surface area contributed by atoms with Crippen molar-refractivity contribution >= 4 is 21.7 Å². The number of aromatic nitrogens is 2. The molecule has 0 N–H and O–H groups in total. The molecule has 3 aliphatic heterocycles. The third kappa shape index (κ3) is 3.63. The summed E-state index contributed by atoms with van der Waals surface area (Å²) in [6.45, 7) is 8.85. The highest BCUT2D eigenvalue weighted by Gasteiger charge is 2.48. The van der Waals surface area contributed by atoms with Crippen LogP contribution in [0.3, 0.4) is 0 Å². The normalized spacial score (nSPS) is 28.9. The maximum Gasteiger partial charge on any atom is 0.225 e. The van der Waals surface area contributed by atoms with E-state index in [9.17, 15) is 13.2 Å². The van der Waals surface area contributed by atoms with Crippen molar-refractivity contribution in [2.75, 3.05) is 31.1 Å². The molecule has 0 radical (unpaired) electrons. The van der Waals surface area contributed by atoms with Crippen molar-refractivity contribution in [1.29, 1.82) is 0 Å². The molecule has 0 bridgehead atoms. The van der Waals surface area contributed by atoms with Gasteiger partial charge in [0.05, 0.1) is 16.7 Å². The van der Waals surface area contributed by atoms with Gasteiger partial charge in [-0.25, -0.2) is 18.4 Å². The van der Waals surface area contributed by atoms with Gasteiger partial charge in [0.15, 0.2) is 9.84 Å². The van der Waals surface area contributed by atoms with Crippen LogP contribution in [-0.4, -0.2) is 60.6 Å². The summed E-state index contributed by atoms with van der Waals surface area (Å²) in [4.78, 5) is 25.8. The molecule has 154 valence electrons. The lowest BCUT2D eigenvalue weighted by molar-refractivity contribution is -0.130. The molecule has 28 heavy (non-hydrogen) atoms. The topological polar surface area (TPSA) is 83.5 Å². The van der Waals surface area contributed by atoms with Gasteiger partial charge in [-0.15, -0.1) is 0 Å². The summed E-state index contributed by atoms with van der Waals surface area (Å²) in [7, 11) is -3.30. The Hall–Kier alpha value is -1.70. The molecule has 3 atom stereocenters. The molecule has 4 heterocycles. The molecule has 0 aliphatic carbocycles. The second kappa shape index (κ2) is 7.28. The number of piperidine rings is 1. The molecule has 2 saturated heterocycles. The predicted molar refractivity (Wildman–Crippen MR) is 108 cm³/mol. The van der Waals surface area contributed by atoms with E-state index in [1.165, 1.54) is 6.42 Å². The van der Waals surface area contributed by atoms with Crippen molar-refractivity contribution in [1.82, 2.24) is 14.9 Å². The molecule has 1 aromatic heterocycles. The lowest BCUT2D eigenvalue weighted by Crippen LogP contribution is -2.38. The third-order valence-corrected chi connectivity index (χ3v) is 8.31. The van der Waals surface area contributed by atoms with Crippen molar-refractivity contribution < 1.29 is 13.2 Å². The van der Waals surface area contributed by atoms with Gasteiger partial charge < -0.3 is 9.80 Å². The van der Waals surface area contributed by atoms with E-state index < -0.39 is 15.1 Å². The van der Waals surface area contributed by atoms with E-state index in [-0.39, 0.29) is 30.0 Å². The number of nitrogens with zero attached hydrogens (tertiary/aromatic N) is 4. The lowest BCUT2D eigenvalue weighted by Gasteiger charge is -2.32. The molecule has 3 aliphatic rings. The molecule has 7 nitrogen and oxygen atoms in total. The number of fused-ring (bicyclic) bond motifs is 3. The molecule has 2 fully saturated rings. The Morgan fingerprint density at radius 2 is 2.07 bits per heavy atom. The first-order chi connectivity index (χ1) is 13.2. The molecule has 0 saturated carbocycles. The minimum atomic E-state index is -3.30. The van der Waals surface area contributed by atoms with Gasteiger partial charge in [0.1, 0.15) is 0 Å². The van der Waals surface area contributed by atoms with E-state index >= 15 is 0 Å². The quantitative estimate of drug-likeness (QED) is 0.763. The number of amides is 1. The van der Waals surface area contributed by atoms with E-state index in [1.807, 2.05) is 13.8 Å². The van der Waals surface area contributed by atoms with Gasteiger partial charge in [-0.05, 0) is 24.7 Å². The van der Waals surface area contributed by atoms with Gasteiger partial charge >= 0.3 is 0 Å². The van der Waals surface area contributed by atoms with Gasteiger partial charge in [-0.2, -0.15) is 0 Å². The number of rotatable bonds is 3. The number of carbonyl (C=O) groups is 1. The van der Waals surface area contributed by atoms with Crippen LogP contribution in [0.5, 0.6) is 0 Å². The van der Waals surface area contributed by atoms with E-state index in [0.29, 0.717) is 30.4 Å². The first-order valence-electron chi connectivity index (χ1n) is 10.3. The maximum atomic E-state index is 12.8. The molecule has 1 unspecified atom stereocenters. The number of likely N-dealkylation sites (tertiary alicyclic amines) is 1. The third-order valence-electron chi connectivity index (χ3n) is 6.20. The van der Waals surface area contributed by atoms with Crippen LogP contribution in [0.15, 0.2) is 6.20 Å². The van der Waals surface area contributed by atoms with Crippen LogP contribution >= 0.6 is 0 Å². The predicted octanol–water partition coefficient (Wildman–Crippen LogP) is 1.98. The average Bonchev–Trinajstić information content (AvgIpc) is 3.08. The Morgan fingerprint density at radius 3 is 2.79 bits per heavy atom. The van der Waals surface area contributed by atoms with E-state index in [1.54, 1.807) is 11.1 Å². The van der Waals surface area contributed by atoms with Gasteiger partial charge in [0.25, 0.3) is 0 Å². The van der Waals surface area contributed by atoms with Crippen LogP contribution in [-0.2, 0) is 20.4 Å². The van der Waals surface area contributed by atoms with Crippen LogP contribution in [0.4, 0.5) is 5.95 Å². The second-order valence-corrected chi connectivity index (χ2v) is 11.3. The van der Waals surface area contributed by atoms with Crippen molar-refractivity contribution in [3.05, 3.63) is 17.5 Å². The van der Waals surface area contributed by atoms with Gasteiger partial charge in [-0.1, -0.05) is 20.8 Å². The first-order valence-corrected chi connectivity index (χ1v) is 12.1. The zero-order chi connectivity index (χ0) is 20.1. The van der Waals surface area contributed by atoms with Gasteiger partial charge in [-0.3, -0.25) is 4.79 Å². The van der Waals surface area contributed by atoms with Crippen LogP contribution in [0.2, 0.25) is 0 Å². The Kier molecular flexibility index (Phi) is 5.10. The number of sulfone groups is 1. The Morgan fingerprint density at radius 1 is 1.29 bits per heavy atom. The monoisotopic (exact) mass is 406 g/mol. The van der Waals surface area contributed by atoms with Crippen molar-refractivity contribution in [3.63, 3.8) is 0 Å². The molecule has 1 amide bonds. The van der Waals surface area contributed by atoms with Crippen LogP contribution in [0.1, 0.15) is 57.2 Å². The summed E-state index contributed by atoms with van der Waals surface area (Å²) in [5.74, 6) is 1.35. The molecular weight excluding hydrogens is 376 g/mol. The second-order valence-electron chi connectivity index (χ2n) is 9.12. The standard InChI is InChI=1S/C20H30N4O3S/c1-13(2)7-18(25)24-10-16-17(11-24)28(26,27)12-15-8-21-20(22-19(15)16)23-6-4-5-14(3)9-23/h8,13-14,16-17H,4-7,9-12H2,1-3H3/t14?,16-,17+/m0/s1. The summed E-state index contributed by atoms with van der Waals surface area (Å²) in [6.07, 6.45) is 4.49. The fourth-order valence-corrected chi connectivity index (χ4v) is 6.76. The van der Waals surface area contributed by atoms with E-state index in [2.05, 4.69) is 16.8 Å². The maximum absolute atomic E-state index is 12.8. The van der Waals surface area contributed by atoms with Crippen molar-refractivity contribution in [2.24, 2.45) is 11.8 Å². The molecule has 0 spiro atoms. The Labute approximate surface area is 167 Å². The van der Waals surface area contributed by atoms with E-state index in [4.69, 9.17) is 4.98 Å². The molecular formula is C20H30N4O3S. The molecule has 8 heteroatoms. The zero-order valence-electron chi connectivity index (χ0n) is 17.0. The van der Waals surface area contributed by atoms with Gasteiger partial charge in [0.2, 0.25) is 11.9 Å². The first kappa shape index (κ1) is 19.6. The number of hydrogen-bond acceptors (Lipinski definition) is 6. The highest BCUT2D eigenvalue weighted by molar-refractivity contribution is 7.91. The fraction of sp³-hybridized carbons (Fsp3) is 0.750. The minimum absolute atomic E-state index is 0.0214. The highest BCUT2D eigenvalue weighted by Crippen LogP contribution is 2.40. The Bertz CT molecular complexity index is 870. The molecule has 0 aromatic carbocycles. The SMILES string of the molecule is CC(C)CC(=O)N1C[C@@H]2c3nc(N4CCCC(C)C4)ncc3CS(=O)(=O)[C@@H]2C1. The van der Waals surface area contributed by atoms with E-state index in [0.717, 1.165) is 25.2 Å². The Balaban J connectivity index is 1.64. The smallest absolute Gasteiger partial charge is 0.225 e. The zero-order valence-corrected chi connectivity index (χ0v) is 17.8. The summed E-state index contributed by atoms with van der Waals surface area (Å²) < 4.78 is 25.7. The fourth-order valence-electron chi connectivity index (χ4n) is 4.77. The van der Waals surface area contributed by atoms with Crippen LogP contribution in [0.25, 0.3) is 0 Å². The average molecular weight is 407 g/mol. The summed E-state index contributed by atoms with van der Waals surface area (Å²) in [5, 5.41) is -0.542. The van der Waals surface area contributed by atoms with Crippen molar-refractivity contribution in [3.8, 4) is 0 Å². The minimum Gasteiger partial charge on any atom is -0.341 e. The number of carbonyl (C=O) groups excluding carboxylic acids is 1. The van der Waals surface area contributed by atoms with Crippen molar-refractivity contribution in [2.45, 2.75) is 57.0 Å². The lowest BCUT2D eigenvalue weighted by atomic mass is 9.99. The summed E-state index contributed by atoms with van der Waals surface area (Å²) in [6, 6.07) is 0. The molecule has 1 aromatic rings. The summed E-state index contributed by atoms with van der Waals surface area (Å²) >= 11 is 0. The highest BCUT2D eigenvalue weighted by atomic mass is 32.2. The van der Waals surface area contributed by atoms with Crippen LogP contribution in [0, 0.1) is 11.8 Å². The number of hydrogen-bond donors (Lipinski definition) is 0. The summed E-state index contributed by atoms with van der Waals surface area (Å²) in [5.41, 5.74) is 1.54. The van der Waals surface area contributed by atoms with Crippen LogP contribution < -0.4 is 4.90 Å². The largest absolute Gasteiger partial charge is 0.341 e. The molecule has 4 rings (SSSR count). The number of anilines is 1.